The van der Waals surface area contributed by atoms with Gasteiger partial charge in [0.15, 0.2) is 0 Å². The van der Waals surface area contributed by atoms with Crippen molar-refractivity contribution >= 4 is 23.5 Å². The van der Waals surface area contributed by atoms with E-state index in [-0.39, 0.29) is 31.0 Å². The highest BCUT2D eigenvalue weighted by Gasteiger charge is 2.28. The van der Waals surface area contributed by atoms with Crippen molar-refractivity contribution < 1.29 is 14.7 Å². The summed E-state index contributed by atoms with van der Waals surface area (Å²) >= 11 is 5.82. The maximum absolute atomic E-state index is 12.0. The molecule has 0 saturated heterocycles. The average Bonchev–Trinajstić information content (AvgIpc) is 2.33. The molecule has 0 saturated carbocycles. The molecule has 1 aromatic rings. The number of carbonyl (C=O) groups is 2. The SMILES string of the molecule is CC(C)(Cn1cc(Cl)ccc1=O)C(=O)NCCC(=O)O. The third kappa shape index (κ3) is 4.70. The molecule has 0 aliphatic heterocycles. The Morgan fingerprint density at radius 1 is 1.40 bits per heavy atom. The van der Waals surface area contributed by atoms with Crippen LogP contribution in [0.1, 0.15) is 20.3 Å². The van der Waals surface area contributed by atoms with E-state index in [9.17, 15) is 14.4 Å². The van der Waals surface area contributed by atoms with Gasteiger partial charge in [0.1, 0.15) is 0 Å². The van der Waals surface area contributed by atoms with Crippen LogP contribution in [0.4, 0.5) is 0 Å². The lowest BCUT2D eigenvalue weighted by Gasteiger charge is -2.24. The summed E-state index contributed by atoms with van der Waals surface area (Å²) in [5.41, 5.74) is -1.10. The lowest BCUT2D eigenvalue weighted by Crippen LogP contribution is -2.42. The monoisotopic (exact) mass is 300 g/mol. The molecule has 7 heteroatoms. The first-order valence-corrected chi connectivity index (χ1v) is 6.46. The van der Waals surface area contributed by atoms with Gasteiger partial charge in [-0.05, 0) is 19.9 Å². The van der Waals surface area contributed by atoms with Crippen molar-refractivity contribution in [2.75, 3.05) is 6.54 Å². The van der Waals surface area contributed by atoms with Crippen molar-refractivity contribution in [2.45, 2.75) is 26.8 Å². The quantitative estimate of drug-likeness (QED) is 0.824. The molecule has 0 aliphatic carbocycles. The Morgan fingerprint density at radius 3 is 2.65 bits per heavy atom. The van der Waals surface area contributed by atoms with Crippen LogP contribution in [0.15, 0.2) is 23.1 Å². The van der Waals surface area contributed by atoms with E-state index < -0.39 is 11.4 Å². The summed E-state index contributed by atoms with van der Waals surface area (Å²) < 4.78 is 1.36. The Hall–Kier alpha value is -1.82. The second-order valence-electron chi connectivity index (χ2n) is 5.10. The molecule has 0 unspecified atom stereocenters. The van der Waals surface area contributed by atoms with Crippen LogP contribution in [-0.4, -0.2) is 28.1 Å². The van der Waals surface area contributed by atoms with Gasteiger partial charge in [-0.1, -0.05) is 11.6 Å². The Kier molecular flexibility index (Phi) is 5.33. The Morgan fingerprint density at radius 2 is 2.05 bits per heavy atom. The summed E-state index contributed by atoms with van der Waals surface area (Å²) in [6.07, 6.45) is 1.33. The van der Waals surface area contributed by atoms with Gasteiger partial charge in [0.05, 0.1) is 16.9 Å². The van der Waals surface area contributed by atoms with Gasteiger partial charge in [-0.2, -0.15) is 0 Å². The van der Waals surface area contributed by atoms with Gasteiger partial charge in [-0.25, -0.2) is 0 Å². The number of rotatable bonds is 6. The number of nitrogens with one attached hydrogen (secondary N) is 1. The number of aromatic nitrogens is 1. The summed E-state index contributed by atoms with van der Waals surface area (Å²) in [6.45, 7) is 3.57. The summed E-state index contributed by atoms with van der Waals surface area (Å²) in [5.74, 6) is -1.29. The topological polar surface area (TPSA) is 88.4 Å². The molecule has 1 heterocycles. The Balaban J connectivity index is 2.73. The number of halogens is 1. The second-order valence-corrected chi connectivity index (χ2v) is 5.53. The molecule has 0 spiro atoms. The predicted octanol–water partition coefficient (Wildman–Crippen LogP) is 1.12. The molecular formula is C13H17ClN2O4. The van der Waals surface area contributed by atoms with Gasteiger partial charge >= 0.3 is 5.97 Å². The minimum absolute atomic E-state index is 0.0576. The first-order chi connectivity index (χ1) is 9.22. The Labute approximate surface area is 121 Å². The van der Waals surface area contributed by atoms with Crippen molar-refractivity contribution in [2.24, 2.45) is 5.41 Å². The molecule has 1 aromatic heterocycles. The van der Waals surface area contributed by atoms with E-state index in [1.807, 2.05) is 0 Å². The molecule has 0 radical (unpaired) electrons. The van der Waals surface area contributed by atoms with E-state index in [4.69, 9.17) is 16.7 Å². The highest BCUT2D eigenvalue weighted by Crippen LogP contribution is 2.18. The van der Waals surface area contributed by atoms with Crippen LogP contribution < -0.4 is 10.9 Å². The highest BCUT2D eigenvalue weighted by molar-refractivity contribution is 6.30. The van der Waals surface area contributed by atoms with E-state index in [1.165, 1.54) is 22.9 Å². The fraction of sp³-hybridized carbons (Fsp3) is 0.462. The normalized spacial score (nSPS) is 11.2. The van der Waals surface area contributed by atoms with Gasteiger partial charge in [0.25, 0.3) is 5.56 Å². The summed E-state index contributed by atoms with van der Waals surface area (Å²) in [7, 11) is 0. The maximum atomic E-state index is 12.0. The fourth-order valence-corrected chi connectivity index (χ4v) is 1.83. The van der Waals surface area contributed by atoms with E-state index in [2.05, 4.69) is 5.32 Å². The Bertz CT molecular complexity index is 566. The van der Waals surface area contributed by atoms with E-state index in [1.54, 1.807) is 13.8 Å². The number of carboxylic acids is 1. The van der Waals surface area contributed by atoms with Crippen LogP contribution in [0.25, 0.3) is 0 Å². The maximum Gasteiger partial charge on any atom is 0.305 e. The molecule has 0 fully saturated rings. The lowest BCUT2D eigenvalue weighted by atomic mass is 9.92. The minimum Gasteiger partial charge on any atom is -0.481 e. The number of pyridine rings is 1. The summed E-state index contributed by atoms with van der Waals surface area (Å²) in [4.78, 5) is 34.1. The number of aliphatic carboxylic acids is 1. The summed E-state index contributed by atoms with van der Waals surface area (Å²) in [6, 6.07) is 2.82. The molecule has 20 heavy (non-hydrogen) atoms. The standard InChI is InChI=1S/C13H17ClN2O4/c1-13(2,12(20)15-6-5-11(18)19)8-16-7-9(14)3-4-10(16)17/h3-4,7H,5-6,8H2,1-2H3,(H,15,20)(H,18,19). The van der Waals surface area contributed by atoms with Gasteiger partial charge in [-0.15, -0.1) is 0 Å². The van der Waals surface area contributed by atoms with Crippen LogP contribution >= 0.6 is 11.6 Å². The summed E-state index contributed by atoms with van der Waals surface area (Å²) in [5, 5.41) is 11.5. The third-order valence-electron chi connectivity index (χ3n) is 2.75. The fourth-order valence-electron chi connectivity index (χ4n) is 1.65. The van der Waals surface area contributed by atoms with Gasteiger partial charge in [-0.3, -0.25) is 14.4 Å². The first kappa shape index (κ1) is 16.2. The van der Waals surface area contributed by atoms with Gasteiger partial charge in [0.2, 0.25) is 5.91 Å². The molecule has 0 aliphatic rings. The molecule has 110 valence electrons. The van der Waals surface area contributed by atoms with Crippen LogP contribution in [0.2, 0.25) is 5.02 Å². The molecule has 1 rings (SSSR count). The van der Waals surface area contributed by atoms with Gasteiger partial charge < -0.3 is 15.0 Å². The first-order valence-electron chi connectivity index (χ1n) is 6.08. The molecule has 2 N–H and O–H groups in total. The number of carboxylic acid groups (broad SMARTS) is 1. The van der Waals surface area contributed by atoms with Crippen LogP contribution in [0.5, 0.6) is 0 Å². The van der Waals surface area contributed by atoms with Crippen molar-refractivity contribution in [3.05, 3.63) is 33.7 Å². The minimum atomic E-state index is -0.978. The van der Waals surface area contributed by atoms with E-state index >= 15 is 0 Å². The van der Waals surface area contributed by atoms with E-state index in [0.29, 0.717) is 5.02 Å². The van der Waals surface area contributed by atoms with Crippen molar-refractivity contribution in [1.82, 2.24) is 9.88 Å². The zero-order chi connectivity index (χ0) is 15.3. The number of hydrogen-bond donors (Lipinski definition) is 2. The highest BCUT2D eigenvalue weighted by atomic mass is 35.5. The molecule has 1 amide bonds. The average molecular weight is 301 g/mol. The molecular weight excluding hydrogens is 284 g/mol. The lowest BCUT2D eigenvalue weighted by molar-refractivity contribution is -0.137. The molecule has 0 aromatic carbocycles. The van der Waals surface area contributed by atoms with Gasteiger partial charge in [0, 0.05) is 25.4 Å². The molecule has 6 nitrogen and oxygen atoms in total. The van der Waals surface area contributed by atoms with Crippen molar-refractivity contribution in [1.29, 1.82) is 0 Å². The number of nitrogens with zero attached hydrogens (tertiary/aromatic N) is 1. The molecule has 0 atom stereocenters. The van der Waals surface area contributed by atoms with E-state index in [0.717, 1.165) is 0 Å². The molecule has 0 bridgehead atoms. The predicted molar refractivity (Wildman–Crippen MR) is 74.8 cm³/mol. The second kappa shape index (κ2) is 6.56. The van der Waals surface area contributed by atoms with Crippen LogP contribution in [0, 0.1) is 5.41 Å². The van der Waals surface area contributed by atoms with Crippen LogP contribution in [0.3, 0.4) is 0 Å². The zero-order valence-corrected chi connectivity index (χ0v) is 12.1. The number of carbonyl (C=O) groups excluding carboxylic acids is 1. The number of amides is 1. The van der Waals surface area contributed by atoms with Crippen molar-refractivity contribution in [3.63, 3.8) is 0 Å². The third-order valence-corrected chi connectivity index (χ3v) is 2.98. The largest absolute Gasteiger partial charge is 0.481 e. The number of hydrogen-bond acceptors (Lipinski definition) is 3. The van der Waals surface area contributed by atoms with Crippen LogP contribution in [-0.2, 0) is 16.1 Å². The zero-order valence-electron chi connectivity index (χ0n) is 11.4. The van der Waals surface area contributed by atoms with Crippen molar-refractivity contribution in [3.8, 4) is 0 Å². The smallest absolute Gasteiger partial charge is 0.305 e.